The molecule has 3 rings (SSSR count). The van der Waals surface area contributed by atoms with Crippen molar-refractivity contribution in [2.75, 3.05) is 43.9 Å². The molecule has 1 heterocycles. The molecular formula is C19H20ClN3O4S. The van der Waals surface area contributed by atoms with Gasteiger partial charge in [0, 0.05) is 46.9 Å². The van der Waals surface area contributed by atoms with Crippen LogP contribution in [0.15, 0.2) is 47.4 Å². The fraction of sp³-hybridized carbons (Fsp3) is 0.316. The number of hydrogen-bond acceptors (Lipinski definition) is 6. The number of benzene rings is 2. The number of anilines is 1. The lowest BCUT2D eigenvalue weighted by molar-refractivity contribution is -0.384. The molecule has 0 spiro atoms. The number of nitro groups is 1. The van der Waals surface area contributed by atoms with Crippen molar-refractivity contribution < 1.29 is 14.5 Å². The van der Waals surface area contributed by atoms with Gasteiger partial charge in [0.2, 0.25) is 0 Å². The summed E-state index contributed by atoms with van der Waals surface area (Å²) < 4.78 is 5.24. The Bertz CT molecular complexity index is 842. The summed E-state index contributed by atoms with van der Waals surface area (Å²) in [6.07, 6.45) is 0. The zero-order chi connectivity index (χ0) is 19.9. The van der Waals surface area contributed by atoms with Gasteiger partial charge in [0.15, 0.2) is 0 Å². The Labute approximate surface area is 172 Å². The Morgan fingerprint density at radius 1 is 1.21 bits per heavy atom. The molecule has 0 unspecified atom stereocenters. The van der Waals surface area contributed by atoms with E-state index in [4.69, 9.17) is 16.3 Å². The van der Waals surface area contributed by atoms with E-state index in [0.29, 0.717) is 49.1 Å². The average molecular weight is 422 g/mol. The van der Waals surface area contributed by atoms with Gasteiger partial charge in [0.1, 0.15) is 5.69 Å². The van der Waals surface area contributed by atoms with Crippen LogP contribution in [0.25, 0.3) is 0 Å². The normalized spacial score (nSPS) is 14.0. The van der Waals surface area contributed by atoms with Gasteiger partial charge in [-0.15, -0.1) is 11.8 Å². The number of carbonyl (C=O) groups is 1. The largest absolute Gasteiger partial charge is 0.379 e. The van der Waals surface area contributed by atoms with Crippen LogP contribution in [0.1, 0.15) is 10.4 Å². The van der Waals surface area contributed by atoms with Crippen LogP contribution in [0.3, 0.4) is 0 Å². The fourth-order valence-corrected chi connectivity index (χ4v) is 3.69. The van der Waals surface area contributed by atoms with E-state index in [-0.39, 0.29) is 11.6 Å². The number of rotatable bonds is 7. The minimum absolute atomic E-state index is 0.101. The van der Waals surface area contributed by atoms with E-state index < -0.39 is 4.92 Å². The van der Waals surface area contributed by atoms with Crippen LogP contribution in [-0.2, 0) is 4.74 Å². The van der Waals surface area contributed by atoms with Gasteiger partial charge in [0.25, 0.3) is 11.6 Å². The molecule has 1 saturated heterocycles. The van der Waals surface area contributed by atoms with Crippen LogP contribution in [-0.4, -0.2) is 54.3 Å². The van der Waals surface area contributed by atoms with E-state index in [1.54, 1.807) is 28.8 Å². The molecule has 148 valence electrons. The molecule has 9 heteroatoms. The maximum Gasteiger partial charge on any atom is 0.293 e. The van der Waals surface area contributed by atoms with Crippen LogP contribution in [0, 0.1) is 10.1 Å². The molecule has 1 aliphatic heterocycles. The monoisotopic (exact) mass is 421 g/mol. The zero-order valence-corrected chi connectivity index (χ0v) is 16.7. The second kappa shape index (κ2) is 9.77. The Balaban J connectivity index is 1.61. The number of hydrogen-bond donors (Lipinski definition) is 1. The zero-order valence-electron chi connectivity index (χ0n) is 15.1. The summed E-state index contributed by atoms with van der Waals surface area (Å²) in [5, 5.41) is 15.2. The molecule has 1 N–H and O–H groups in total. The molecule has 0 bridgehead atoms. The SMILES string of the molecule is O=C(c1ccc(NCCSc2ccc(Cl)cc2)c([N+](=O)[O-])c1)N1CCOCC1. The summed E-state index contributed by atoms with van der Waals surface area (Å²) in [6, 6.07) is 12.1. The molecule has 28 heavy (non-hydrogen) atoms. The van der Waals surface area contributed by atoms with E-state index >= 15 is 0 Å². The minimum atomic E-state index is -0.467. The molecule has 0 aliphatic carbocycles. The van der Waals surface area contributed by atoms with E-state index in [0.717, 1.165) is 10.6 Å². The number of amides is 1. The quantitative estimate of drug-likeness (QED) is 0.315. The molecule has 2 aromatic carbocycles. The Morgan fingerprint density at radius 3 is 2.61 bits per heavy atom. The lowest BCUT2D eigenvalue weighted by Gasteiger charge is -2.26. The van der Waals surface area contributed by atoms with Gasteiger partial charge in [0.05, 0.1) is 18.1 Å². The summed E-state index contributed by atoms with van der Waals surface area (Å²) >= 11 is 7.49. The van der Waals surface area contributed by atoms with Crippen LogP contribution < -0.4 is 5.32 Å². The number of morpholine rings is 1. The third kappa shape index (κ3) is 5.37. The molecule has 1 fully saturated rings. The van der Waals surface area contributed by atoms with Crippen molar-refractivity contribution in [3.05, 3.63) is 63.2 Å². The highest BCUT2D eigenvalue weighted by molar-refractivity contribution is 7.99. The van der Waals surface area contributed by atoms with Crippen molar-refractivity contribution in [2.24, 2.45) is 0 Å². The minimum Gasteiger partial charge on any atom is -0.379 e. The first-order chi connectivity index (χ1) is 13.5. The van der Waals surface area contributed by atoms with Gasteiger partial charge in [-0.25, -0.2) is 0 Å². The van der Waals surface area contributed by atoms with Gasteiger partial charge in [-0.3, -0.25) is 14.9 Å². The van der Waals surface area contributed by atoms with E-state index in [1.807, 2.05) is 24.3 Å². The Kier molecular flexibility index (Phi) is 7.13. The number of nitrogens with one attached hydrogen (secondary N) is 1. The molecule has 2 aromatic rings. The second-order valence-electron chi connectivity index (χ2n) is 6.12. The molecule has 0 saturated carbocycles. The first-order valence-corrected chi connectivity index (χ1v) is 10.2. The van der Waals surface area contributed by atoms with Gasteiger partial charge in [-0.05, 0) is 36.4 Å². The fourth-order valence-electron chi connectivity index (χ4n) is 2.80. The van der Waals surface area contributed by atoms with Crippen molar-refractivity contribution in [3.63, 3.8) is 0 Å². The number of ether oxygens (including phenoxy) is 1. The van der Waals surface area contributed by atoms with Crippen LogP contribution in [0.5, 0.6) is 0 Å². The predicted octanol–water partition coefficient (Wildman–Crippen LogP) is 3.92. The third-order valence-corrected chi connectivity index (χ3v) is 5.51. The average Bonchev–Trinajstić information content (AvgIpc) is 2.72. The van der Waals surface area contributed by atoms with Crippen LogP contribution in [0.2, 0.25) is 5.02 Å². The topological polar surface area (TPSA) is 84.7 Å². The predicted molar refractivity (Wildman–Crippen MR) is 110 cm³/mol. The van der Waals surface area contributed by atoms with E-state index in [1.165, 1.54) is 6.07 Å². The summed E-state index contributed by atoms with van der Waals surface area (Å²) in [6.45, 7) is 2.51. The van der Waals surface area contributed by atoms with Gasteiger partial charge < -0.3 is 15.0 Å². The number of thioether (sulfide) groups is 1. The molecule has 0 aromatic heterocycles. The van der Waals surface area contributed by atoms with Crippen LogP contribution in [0.4, 0.5) is 11.4 Å². The number of nitrogens with zero attached hydrogens (tertiary/aromatic N) is 2. The molecule has 1 aliphatic rings. The maximum absolute atomic E-state index is 12.5. The number of carbonyl (C=O) groups excluding carboxylic acids is 1. The van der Waals surface area contributed by atoms with Crippen molar-refractivity contribution >= 4 is 40.6 Å². The third-order valence-electron chi connectivity index (χ3n) is 4.24. The summed E-state index contributed by atoms with van der Waals surface area (Å²) in [4.78, 5) is 26.3. The highest BCUT2D eigenvalue weighted by Gasteiger charge is 2.22. The van der Waals surface area contributed by atoms with Gasteiger partial charge >= 0.3 is 0 Å². The van der Waals surface area contributed by atoms with Crippen molar-refractivity contribution in [2.45, 2.75) is 4.90 Å². The Hall–Kier alpha value is -2.29. The highest BCUT2D eigenvalue weighted by atomic mass is 35.5. The molecule has 0 radical (unpaired) electrons. The standard InChI is InChI=1S/C19H20ClN3O4S/c20-15-2-4-16(5-3-15)28-12-7-21-17-6-1-14(13-18(17)23(25)26)19(24)22-8-10-27-11-9-22/h1-6,13,21H,7-12H2. The molecular weight excluding hydrogens is 402 g/mol. The Morgan fingerprint density at radius 2 is 1.93 bits per heavy atom. The molecule has 0 atom stereocenters. The summed E-state index contributed by atoms with van der Waals surface area (Å²) in [7, 11) is 0. The van der Waals surface area contributed by atoms with Gasteiger partial charge in [-0.1, -0.05) is 11.6 Å². The lowest BCUT2D eigenvalue weighted by atomic mass is 10.1. The van der Waals surface area contributed by atoms with Crippen molar-refractivity contribution in [1.29, 1.82) is 0 Å². The lowest BCUT2D eigenvalue weighted by Crippen LogP contribution is -2.40. The van der Waals surface area contributed by atoms with Crippen molar-refractivity contribution in [1.82, 2.24) is 4.90 Å². The highest BCUT2D eigenvalue weighted by Crippen LogP contribution is 2.27. The number of nitro benzene ring substituents is 1. The smallest absolute Gasteiger partial charge is 0.293 e. The first kappa shape index (κ1) is 20.4. The first-order valence-electron chi connectivity index (χ1n) is 8.82. The van der Waals surface area contributed by atoms with Crippen molar-refractivity contribution in [3.8, 4) is 0 Å². The summed E-state index contributed by atoms with van der Waals surface area (Å²) in [5.41, 5.74) is 0.616. The van der Waals surface area contributed by atoms with Crippen LogP contribution >= 0.6 is 23.4 Å². The molecule has 7 nitrogen and oxygen atoms in total. The number of halogens is 1. The second-order valence-corrected chi connectivity index (χ2v) is 7.73. The molecule has 1 amide bonds. The van der Waals surface area contributed by atoms with Gasteiger partial charge in [-0.2, -0.15) is 0 Å². The summed E-state index contributed by atoms with van der Waals surface area (Å²) in [5.74, 6) is 0.518. The van der Waals surface area contributed by atoms with E-state index in [9.17, 15) is 14.9 Å². The maximum atomic E-state index is 12.5. The van der Waals surface area contributed by atoms with E-state index in [2.05, 4.69) is 5.32 Å².